The highest BCUT2D eigenvalue weighted by Gasteiger charge is 2.36. The van der Waals surface area contributed by atoms with Crippen LogP contribution in [0.25, 0.3) is 0 Å². The highest BCUT2D eigenvalue weighted by atomic mass is 16.4. The first kappa shape index (κ1) is 13.4. The van der Waals surface area contributed by atoms with Gasteiger partial charge in [0.25, 0.3) is 0 Å². The molecule has 19 heavy (non-hydrogen) atoms. The Hall–Kier alpha value is -0.570. The van der Waals surface area contributed by atoms with Gasteiger partial charge in [0.05, 0.1) is 5.92 Å². The summed E-state index contributed by atoms with van der Waals surface area (Å²) in [5.41, 5.74) is 0. The molecule has 3 saturated carbocycles. The maximum absolute atomic E-state index is 11.2. The van der Waals surface area contributed by atoms with Crippen molar-refractivity contribution in [2.75, 3.05) is 6.54 Å². The highest BCUT2D eigenvalue weighted by molar-refractivity contribution is 5.70. The molecule has 3 aliphatic carbocycles. The Balaban J connectivity index is 1.44. The second-order valence-corrected chi connectivity index (χ2v) is 7.01. The van der Waals surface area contributed by atoms with E-state index in [1.807, 2.05) is 0 Å². The van der Waals surface area contributed by atoms with Crippen LogP contribution in [0.3, 0.4) is 0 Å². The van der Waals surface area contributed by atoms with Gasteiger partial charge in [-0.1, -0.05) is 19.3 Å². The lowest BCUT2D eigenvalue weighted by atomic mass is 9.82. The molecule has 0 saturated heterocycles. The van der Waals surface area contributed by atoms with Gasteiger partial charge in [-0.2, -0.15) is 0 Å². The van der Waals surface area contributed by atoms with Gasteiger partial charge in [-0.15, -0.1) is 0 Å². The minimum atomic E-state index is -0.580. The average Bonchev–Trinajstić information content (AvgIpc) is 3.15. The summed E-state index contributed by atoms with van der Waals surface area (Å²) in [6, 6.07) is 0.661. The predicted molar refractivity (Wildman–Crippen MR) is 74.9 cm³/mol. The number of rotatable bonds is 5. The van der Waals surface area contributed by atoms with Crippen LogP contribution in [0.4, 0.5) is 0 Å². The molecule has 0 radical (unpaired) electrons. The minimum absolute atomic E-state index is 0.0877. The second-order valence-electron chi connectivity index (χ2n) is 7.01. The van der Waals surface area contributed by atoms with E-state index in [1.165, 1.54) is 38.5 Å². The van der Waals surface area contributed by atoms with Crippen molar-refractivity contribution in [2.45, 2.75) is 63.8 Å². The monoisotopic (exact) mass is 265 g/mol. The fourth-order valence-corrected chi connectivity index (χ4v) is 4.33. The molecule has 3 aliphatic rings. The summed E-state index contributed by atoms with van der Waals surface area (Å²) in [4.78, 5) is 11.2. The van der Waals surface area contributed by atoms with Gasteiger partial charge in [0.2, 0.25) is 0 Å². The Bertz CT molecular complexity index is 327. The molecule has 2 N–H and O–H groups in total. The van der Waals surface area contributed by atoms with Crippen molar-refractivity contribution >= 4 is 5.97 Å². The summed E-state index contributed by atoms with van der Waals surface area (Å²) in [5, 5.41) is 12.9. The third-order valence-corrected chi connectivity index (χ3v) is 5.65. The second kappa shape index (κ2) is 5.82. The van der Waals surface area contributed by atoms with E-state index in [4.69, 9.17) is 0 Å². The molecule has 4 unspecified atom stereocenters. The quantitative estimate of drug-likeness (QED) is 0.803. The number of nitrogens with one attached hydrogen (secondary N) is 1. The molecule has 0 aromatic carbocycles. The van der Waals surface area contributed by atoms with Crippen molar-refractivity contribution in [2.24, 2.45) is 23.7 Å². The Morgan fingerprint density at radius 3 is 2.53 bits per heavy atom. The summed E-state index contributed by atoms with van der Waals surface area (Å²) in [7, 11) is 0. The lowest BCUT2D eigenvalue weighted by Gasteiger charge is -2.31. The van der Waals surface area contributed by atoms with Crippen molar-refractivity contribution < 1.29 is 9.90 Å². The molecule has 3 rings (SSSR count). The maximum Gasteiger partial charge on any atom is 0.306 e. The van der Waals surface area contributed by atoms with Crippen molar-refractivity contribution in [1.29, 1.82) is 0 Å². The zero-order valence-electron chi connectivity index (χ0n) is 11.8. The molecule has 0 amide bonds. The molecule has 3 nitrogen and oxygen atoms in total. The fraction of sp³-hybridized carbons (Fsp3) is 0.938. The van der Waals surface area contributed by atoms with E-state index < -0.39 is 5.97 Å². The van der Waals surface area contributed by atoms with Gasteiger partial charge in [-0.3, -0.25) is 4.79 Å². The van der Waals surface area contributed by atoms with E-state index in [0.717, 1.165) is 37.6 Å². The van der Waals surface area contributed by atoms with Crippen LogP contribution in [0.15, 0.2) is 0 Å². The van der Waals surface area contributed by atoms with Gasteiger partial charge in [0, 0.05) is 6.04 Å². The van der Waals surface area contributed by atoms with Crippen molar-refractivity contribution in [3.8, 4) is 0 Å². The summed E-state index contributed by atoms with van der Waals surface area (Å²) >= 11 is 0. The molecule has 108 valence electrons. The first-order valence-corrected chi connectivity index (χ1v) is 8.20. The van der Waals surface area contributed by atoms with Crippen LogP contribution in [0.2, 0.25) is 0 Å². The normalized spacial score (nSPS) is 39.4. The Labute approximate surface area is 116 Å². The van der Waals surface area contributed by atoms with E-state index in [2.05, 4.69) is 5.32 Å². The van der Waals surface area contributed by atoms with Gasteiger partial charge in [-0.05, 0) is 62.8 Å². The minimum Gasteiger partial charge on any atom is -0.481 e. The molecule has 3 fully saturated rings. The van der Waals surface area contributed by atoms with Crippen molar-refractivity contribution in [1.82, 2.24) is 5.32 Å². The number of hydrogen-bond donors (Lipinski definition) is 2. The van der Waals surface area contributed by atoms with E-state index in [1.54, 1.807) is 0 Å². The predicted octanol–water partition coefficient (Wildman–Crippen LogP) is 3.05. The van der Waals surface area contributed by atoms with Gasteiger partial charge in [0.15, 0.2) is 0 Å². The number of carboxylic acids is 1. The zero-order chi connectivity index (χ0) is 13.2. The van der Waals surface area contributed by atoms with Gasteiger partial charge in [0.1, 0.15) is 0 Å². The topological polar surface area (TPSA) is 49.3 Å². The summed E-state index contributed by atoms with van der Waals surface area (Å²) < 4.78 is 0. The number of hydrogen-bond acceptors (Lipinski definition) is 2. The van der Waals surface area contributed by atoms with E-state index >= 15 is 0 Å². The highest BCUT2D eigenvalue weighted by Crippen LogP contribution is 2.44. The SMILES string of the molecule is O=C(O)C1CCCC1CNC1CCCC(C2CC2)C1. The maximum atomic E-state index is 11.2. The van der Waals surface area contributed by atoms with Gasteiger partial charge >= 0.3 is 5.97 Å². The molecule has 0 heterocycles. The van der Waals surface area contributed by atoms with Crippen molar-refractivity contribution in [3.05, 3.63) is 0 Å². The molecule has 3 heteroatoms. The van der Waals surface area contributed by atoms with Crippen LogP contribution in [0.5, 0.6) is 0 Å². The fourth-order valence-electron chi connectivity index (χ4n) is 4.33. The van der Waals surface area contributed by atoms with E-state index in [9.17, 15) is 9.90 Å². The third kappa shape index (κ3) is 3.31. The smallest absolute Gasteiger partial charge is 0.306 e. The molecule has 4 atom stereocenters. The van der Waals surface area contributed by atoms with Crippen LogP contribution in [0, 0.1) is 23.7 Å². The van der Waals surface area contributed by atoms with E-state index in [0.29, 0.717) is 12.0 Å². The zero-order valence-corrected chi connectivity index (χ0v) is 11.8. The van der Waals surface area contributed by atoms with Gasteiger partial charge in [-0.25, -0.2) is 0 Å². The largest absolute Gasteiger partial charge is 0.481 e. The van der Waals surface area contributed by atoms with Gasteiger partial charge < -0.3 is 10.4 Å². The number of carboxylic acid groups (broad SMARTS) is 1. The molecule has 0 bridgehead atoms. The molecular weight excluding hydrogens is 238 g/mol. The molecule has 0 spiro atoms. The Morgan fingerprint density at radius 1 is 1.00 bits per heavy atom. The molecule has 0 aromatic heterocycles. The van der Waals surface area contributed by atoms with Crippen LogP contribution in [-0.4, -0.2) is 23.7 Å². The third-order valence-electron chi connectivity index (χ3n) is 5.65. The van der Waals surface area contributed by atoms with E-state index in [-0.39, 0.29) is 5.92 Å². The summed E-state index contributed by atoms with van der Waals surface area (Å²) in [6.07, 6.45) is 11.4. The summed E-state index contributed by atoms with van der Waals surface area (Å²) in [6.45, 7) is 0.930. The average molecular weight is 265 g/mol. The standard InChI is InChI=1S/C16H27NO2/c18-16(19)15-6-2-4-13(15)10-17-14-5-1-3-12(9-14)11-7-8-11/h11-15,17H,1-10H2,(H,18,19). The molecule has 0 aliphatic heterocycles. The molecular formula is C16H27NO2. The Kier molecular flexibility index (Phi) is 4.11. The first-order chi connectivity index (χ1) is 9.24. The van der Waals surface area contributed by atoms with Crippen molar-refractivity contribution in [3.63, 3.8) is 0 Å². The number of carbonyl (C=O) groups is 1. The van der Waals surface area contributed by atoms with Crippen LogP contribution < -0.4 is 5.32 Å². The lowest BCUT2D eigenvalue weighted by molar-refractivity contribution is -0.142. The summed E-state index contributed by atoms with van der Waals surface area (Å²) in [5.74, 6) is 1.70. The lowest BCUT2D eigenvalue weighted by Crippen LogP contribution is -2.39. The number of aliphatic carboxylic acids is 1. The Morgan fingerprint density at radius 2 is 1.79 bits per heavy atom. The molecule has 0 aromatic rings. The first-order valence-electron chi connectivity index (χ1n) is 8.20. The van der Waals surface area contributed by atoms with Crippen LogP contribution >= 0.6 is 0 Å². The van der Waals surface area contributed by atoms with Crippen LogP contribution in [0.1, 0.15) is 57.8 Å². The van der Waals surface area contributed by atoms with Crippen LogP contribution in [-0.2, 0) is 4.79 Å².